The maximum absolute atomic E-state index is 13.6. The van der Waals surface area contributed by atoms with E-state index in [0.29, 0.717) is 18.5 Å². The van der Waals surface area contributed by atoms with Crippen LogP contribution in [0.2, 0.25) is 0 Å². The van der Waals surface area contributed by atoms with Gasteiger partial charge < -0.3 is 10.1 Å². The molecule has 0 atom stereocenters. The largest absolute Gasteiger partial charge is 0.467 e. The minimum atomic E-state index is -1.22. The number of benzene rings is 1. The highest BCUT2D eigenvalue weighted by Gasteiger charge is 2.34. The van der Waals surface area contributed by atoms with Crippen LogP contribution in [0.3, 0.4) is 0 Å². The molecule has 3 rings (SSSR count). The number of fused-ring (bicyclic) bond motifs is 1. The topological polar surface area (TPSA) is 73.2 Å². The minimum absolute atomic E-state index is 0.180. The molecule has 1 aliphatic carbocycles. The molecule has 8 heteroatoms. The number of nitrogens with zero attached hydrogens (tertiary/aromatic N) is 2. The summed E-state index contributed by atoms with van der Waals surface area (Å²) < 4.78 is 32.9. The zero-order valence-electron chi connectivity index (χ0n) is 14.7. The summed E-state index contributed by atoms with van der Waals surface area (Å²) in [6.07, 6.45) is 2.16. The van der Waals surface area contributed by atoms with Gasteiger partial charge in [-0.3, -0.25) is 4.79 Å². The van der Waals surface area contributed by atoms with Crippen LogP contribution >= 0.6 is 0 Å². The molecule has 2 aromatic rings. The van der Waals surface area contributed by atoms with Gasteiger partial charge in [0.1, 0.15) is 5.54 Å². The minimum Gasteiger partial charge on any atom is -0.467 e. The van der Waals surface area contributed by atoms with Crippen molar-refractivity contribution in [2.24, 2.45) is 0 Å². The Labute approximate surface area is 149 Å². The van der Waals surface area contributed by atoms with Crippen molar-refractivity contribution in [1.82, 2.24) is 15.1 Å². The third-order valence-corrected chi connectivity index (χ3v) is 4.41. The monoisotopic (exact) mass is 363 g/mol. The first-order valence-electron chi connectivity index (χ1n) is 8.21. The van der Waals surface area contributed by atoms with Crippen molar-refractivity contribution in [3.05, 3.63) is 46.8 Å². The van der Waals surface area contributed by atoms with Gasteiger partial charge >= 0.3 is 5.97 Å². The number of carbonyl (C=O) groups excluding carboxylic acids is 2. The number of carbonyl (C=O) groups is 2. The van der Waals surface area contributed by atoms with Gasteiger partial charge in [0.25, 0.3) is 5.91 Å². The van der Waals surface area contributed by atoms with Crippen LogP contribution in [0.25, 0.3) is 5.69 Å². The summed E-state index contributed by atoms with van der Waals surface area (Å²) in [5, 5.41) is 6.92. The quantitative estimate of drug-likeness (QED) is 0.846. The molecule has 6 nitrogen and oxygen atoms in total. The molecule has 0 aliphatic heterocycles. The Morgan fingerprint density at radius 2 is 1.96 bits per heavy atom. The normalized spacial score (nSPS) is 13.4. The number of methoxy groups -OCH3 is 1. The molecule has 0 saturated carbocycles. The second kappa shape index (κ2) is 6.51. The lowest BCUT2D eigenvalue weighted by Gasteiger charge is -2.22. The van der Waals surface area contributed by atoms with E-state index >= 15 is 0 Å². The maximum Gasteiger partial charge on any atom is 0.330 e. The number of amides is 1. The molecule has 138 valence electrons. The zero-order valence-corrected chi connectivity index (χ0v) is 14.7. The van der Waals surface area contributed by atoms with Crippen LogP contribution in [0.15, 0.2) is 18.2 Å². The SMILES string of the molecule is COC(=O)C(C)(C)NC(=O)c1nn(-c2ccc(F)c(F)c2)c2c1CCC2. The summed E-state index contributed by atoms with van der Waals surface area (Å²) in [7, 11) is 1.24. The Morgan fingerprint density at radius 3 is 2.62 bits per heavy atom. The van der Waals surface area contributed by atoms with E-state index < -0.39 is 29.0 Å². The van der Waals surface area contributed by atoms with E-state index in [1.807, 2.05) is 0 Å². The number of hydrogen-bond donors (Lipinski definition) is 1. The fourth-order valence-electron chi connectivity index (χ4n) is 3.10. The van der Waals surface area contributed by atoms with Gasteiger partial charge in [-0.25, -0.2) is 18.3 Å². The standard InChI is InChI=1S/C18H19F2N3O3/c1-18(2,17(25)26-3)21-16(24)15-11-5-4-6-14(11)23(22-15)10-7-8-12(19)13(20)9-10/h7-9H,4-6H2,1-3H3,(H,21,24). The third-order valence-electron chi connectivity index (χ3n) is 4.41. The van der Waals surface area contributed by atoms with Crippen molar-refractivity contribution in [2.45, 2.75) is 38.6 Å². The van der Waals surface area contributed by atoms with Gasteiger partial charge in [0.15, 0.2) is 17.3 Å². The Balaban J connectivity index is 1.98. The first-order valence-corrected chi connectivity index (χ1v) is 8.21. The highest BCUT2D eigenvalue weighted by atomic mass is 19.2. The van der Waals surface area contributed by atoms with E-state index in [9.17, 15) is 18.4 Å². The van der Waals surface area contributed by atoms with Gasteiger partial charge in [-0.1, -0.05) is 0 Å². The van der Waals surface area contributed by atoms with Gasteiger partial charge in [-0.15, -0.1) is 0 Å². The number of ether oxygens (including phenoxy) is 1. The summed E-state index contributed by atoms with van der Waals surface area (Å²) in [5.74, 6) is -3.03. The molecule has 0 saturated heterocycles. The van der Waals surface area contributed by atoms with Gasteiger partial charge in [-0.2, -0.15) is 5.10 Å². The number of halogens is 2. The van der Waals surface area contributed by atoms with Crippen LogP contribution < -0.4 is 5.32 Å². The molecule has 0 fully saturated rings. The van der Waals surface area contributed by atoms with E-state index in [-0.39, 0.29) is 5.69 Å². The molecule has 1 aliphatic rings. The van der Waals surface area contributed by atoms with E-state index in [2.05, 4.69) is 15.2 Å². The maximum atomic E-state index is 13.6. The Bertz CT molecular complexity index is 890. The van der Waals surface area contributed by atoms with Crippen molar-refractivity contribution in [3.63, 3.8) is 0 Å². The van der Waals surface area contributed by atoms with Gasteiger partial charge in [0.05, 0.1) is 12.8 Å². The first kappa shape index (κ1) is 18.0. The molecular weight excluding hydrogens is 344 g/mol. The van der Waals surface area contributed by atoms with Crippen molar-refractivity contribution < 1.29 is 23.1 Å². The van der Waals surface area contributed by atoms with Crippen molar-refractivity contribution in [1.29, 1.82) is 0 Å². The van der Waals surface area contributed by atoms with Crippen LogP contribution in [0.1, 0.15) is 42.0 Å². The lowest BCUT2D eigenvalue weighted by atomic mass is 10.1. The predicted molar refractivity (Wildman–Crippen MR) is 89.1 cm³/mol. The van der Waals surface area contributed by atoms with Gasteiger partial charge in [-0.05, 0) is 45.2 Å². The molecule has 1 aromatic heterocycles. The fourth-order valence-corrected chi connectivity index (χ4v) is 3.10. The van der Waals surface area contributed by atoms with E-state index in [1.54, 1.807) is 0 Å². The van der Waals surface area contributed by atoms with Crippen molar-refractivity contribution >= 4 is 11.9 Å². The molecule has 1 amide bonds. The lowest BCUT2D eigenvalue weighted by molar-refractivity contribution is -0.146. The summed E-state index contributed by atoms with van der Waals surface area (Å²) >= 11 is 0. The first-order chi connectivity index (χ1) is 12.2. The van der Waals surface area contributed by atoms with Gasteiger partial charge in [0, 0.05) is 17.3 Å². The summed E-state index contributed by atoms with van der Waals surface area (Å²) in [6, 6.07) is 3.47. The molecule has 1 heterocycles. The fraction of sp³-hybridized carbons (Fsp3) is 0.389. The molecular formula is C18H19F2N3O3. The summed E-state index contributed by atoms with van der Waals surface area (Å²) in [6.45, 7) is 3.06. The third kappa shape index (κ3) is 3.07. The zero-order chi connectivity index (χ0) is 19.1. The molecule has 0 bridgehead atoms. The number of aromatic nitrogens is 2. The number of esters is 1. The average molecular weight is 363 g/mol. The number of nitrogens with one attached hydrogen (secondary N) is 1. The van der Waals surface area contributed by atoms with Gasteiger partial charge in [0.2, 0.25) is 0 Å². The van der Waals surface area contributed by atoms with Crippen molar-refractivity contribution in [2.75, 3.05) is 7.11 Å². The second-order valence-electron chi connectivity index (χ2n) is 6.71. The molecule has 0 spiro atoms. The van der Waals surface area contributed by atoms with E-state index in [0.717, 1.165) is 29.8 Å². The van der Waals surface area contributed by atoms with Crippen LogP contribution in [0.5, 0.6) is 0 Å². The molecule has 1 aromatic carbocycles. The number of rotatable bonds is 4. The van der Waals surface area contributed by atoms with E-state index in [4.69, 9.17) is 0 Å². The van der Waals surface area contributed by atoms with Crippen LogP contribution in [-0.2, 0) is 22.4 Å². The van der Waals surface area contributed by atoms with Crippen LogP contribution in [0, 0.1) is 11.6 Å². The second-order valence-corrected chi connectivity index (χ2v) is 6.71. The highest BCUT2D eigenvalue weighted by molar-refractivity contribution is 5.98. The molecule has 26 heavy (non-hydrogen) atoms. The Kier molecular flexibility index (Phi) is 4.52. The average Bonchev–Trinajstić information content (AvgIpc) is 3.18. The number of hydrogen-bond acceptors (Lipinski definition) is 4. The summed E-state index contributed by atoms with van der Waals surface area (Å²) in [4.78, 5) is 24.5. The van der Waals surface area contributed by atoms with E-state index in [1.165, 1.54) is 31.7 Å². The van der Waals surface area contributed by atoms with Crippen molar-refractivity contribution in [3.8, 4) is 5.69 Å². The highest BCUT2D eigenvalue weighted by Crippen LogP contribution is 2.28. The molecule has 0 radical (unpaired) electrons. The van der Waals surface area contributed by atoms with Crippen LogP contribution in [-0.4, -0.2) is 34.3 Å². The van der Waals surface area contributed by atoms with Crippen LogP contribution in [0.4, 0.5) is 8.78 Å². The Hall–Kier alpha value is -2.77. The lowest BCUT2D eigenvalue weighted by Crippen LogP contribution is -2.50. The molecule has 0 unspecified atom stereocenters. The molecule has 1 N–H and O–H groups in total. The summed E-state index contributed by atoms with van der Waals surface area (Å²) in [5.41, 5.74) is 0.848. The predicted octanol–water partition coefficient (Wildman–Crippen LogP) is 2.32. The Morgan fingerprint density at radius 1 is 1.23 bits per heavy atom. The smallest absolute Gasteiger partial charge is 0.330 e.